The van der Waals surface area contributed by atoms with E-state index >= 15 is 0 Å². The Morgan fingerprint density at radius 2 is 1.79 bits per heavy atom. The Hall–Kier alpha value is -0.960. The van der Waals surface area contributed by atoms with Gasteiger partial charge < -0.3 is 14.2 Å². The van der Waals surface area contributed by atoms with Crippen LogP contribution in [0.4, 0.5) is 0 Å². The van der Waals surface area contributed by atoms with Crippen molar-refractivity contribution in [2.75, 3.05) is 45.1 Å². The molecule has 0 amide bonds. The lowest BCUT2D eigenvalue weighted by Crippen LogP contribution is -2.35. The summed E-state index contributed by atoms with van der Waals surface area (Å²) in [5.41, 5.74) is 0.983. The van der Waals surface area contributed by atoms with Gasteiger partial charge in [0.05, 0.1) is 30.3 Å². The monoisotopic (exact) mass is 426 g/mol. The van der Waals surface area contributed by atoms with Crippen molar-refractivity contribution in [2.45, 2.75) is 70.8 Å². The standard InChI is InChI=1S/C21H38N4O3S/c1-4-23(5-2)11-12-24(6-3)15-19-14-22-21(29(26,27)17-18-9-10-18)25(19)16-20-8-7-13-28-20/h14,18,20H,4-13,15-17H2,1-3H3/t20-/m0/s1. The Morgan fingerprint density at radius 3 is 2.38 bits per heavy atom. The zero-order valence-electron chi connectivity index (χ0n) is 18.3. The van der Waals surface area contributed by atoms with Crippen LogP contribution < -0.4 is 0 Å². The molecule has 2 fully saturated rings. The van der Waals surface area contributed by atoms with Crippen molar-refractivity contribution < 1.29 is 13.2 Å². The number of ether oxygens (including phenoxy) is 1. The third-order valence-corrected chi connectivity index (χ3v) is 7.99. The SMILES string of the molecule is CCN(CC)CCN(CC)Cc1cnc(S(=O)(=O)CC2CC2)n1C[C@@H]1CCCO1. The van der Waals surface area contributed by atoms with Crippen molar-refractivity contribution in [3.63, 3.8) is 0 Å². The minimum absolute atomic E-state index is 0.0866. The lowest BCUT2D eigenvalue weighted by molar-refractivity contribution is 0.0931. The third-order valence-electron chi connectivity index (χ3n) is 6.20. The molecule has 0 bridgehead atoms. The Bertz CT molecular complexity index is 735. The third kappa shape index (κ3) is 6.26. The number of sulfone groups is 1. The minimum Gasteiger partial charge on any atom is -0.376 e. The Labute approximate surface area is 176 Å². The minimum atomic E-state index is -3.36. The summed E-state index contributed by atoms with van der Waals surface area (Å²) in [6.07, 6.45) is 5.93. The fourth-order valence-corrected chi connectivity index (χ4v) is 5.87. The molecule has 0 spiro atoms. The van der Waals surface area contributed by atoms with Gasteiger partial charge in [-0.15, -0.1) is 0 Å². The first-order valence-corrected chi connectivity index (χ1v) is 13.0. The zero-order valence-corrected chi connectivity index (χ0v) is 19.2. The van der Waals surface area contributed by atoms with Crippen LogP contribution in [0.15, 0.2) is 11.4 Å². The summed E-state index contributed by atoms with van der Waals surface area (Å²) in [5, 5.41) is 0.245. The van der Waals surface area contributed by atoms with Crippen molar-refractivity contribution in [3.8, 4) is 0 Å². The maximum absolute atomic E-state index is 13.0. The van der Waals surface area contributed by atoms with Crippen LogP contribution in [0.5, 0.6) is 0 Å². The smallest absolute Gasteiger partial charge is 0.227 e. The van der Waals surface area contributed by atoms with E-state index in [9.17, 15) is 8.42 Å². The van der Waals surface area contributed by atoms with Crippen molar-refractivity contribution in [3.05, 3.63) is 11.9 Å². The Morgan fingerprint density at radius 1 is 1.10 bits per heavy atom. The molecule has 2 aliphatic rings. The van der Waals surface area contributed by atoms with Crippen LogP contribution in [0.2, 0.25) is 0 Å². The van der Waals surface area contributed by atoms with E-state index in [1.54, 1.807) is 6.20 Å². The van der Waals surface area contributed by atoms with Crippen LogP contribution >= 0.6 is 0 Å². The predicted octanol–water partition coefficient (Wildman–Crippen LogP) is 2.41. The van der Waals surface area contributed by atoms with Crippen LogP contribution in [0.3, 0.4) is 0 Å². The highest BCUT2D eigenvalue weighted by Gasteiger charge is 2.33. The lowest BCUT2D eigenvalue weighted by Gasteiger charge is -2.26. The largest absolute Gasteiger partial charge is 0.376 e. The van der Waals surface area contributed by atoms with E-state index < -0.39 is 9.84 Å². The second kappa shape index (κ2) is 10.4. The number of nitrogens with zero attached hydrogens (tertiary/aromatic N) is 4. The number of rotatable bonds is 13. The second-order valence-corrected chi connectivity index (χ2v) is 10.3. The van der Waals surface area contributed by atoms with Gasteiger partial charge in [-0.25, -0.2) is 13.4 Å². The Balaban J connectivity index is 1.77. The molecular weight excluding hydrogens is 388 g/mol. The molecule has 1 saturated heterocycles. The molecule has 1 aromatic rings. The molecule has 7 nitrogen and oxygen atoms in total. The summed E-state index contributed by atoms with van der Waals surface area (Å²) < 4.78 is 33.7. The lowest BCUT2D eigenvalue weighted by atomic mass is 10.2. The summed E-state index contributed by atoms with van der Waals surface area (Å²) in [6, 6.07) is 0. The molecule has 166 valence electrons. The first-order chi connectivity index (χ1) is 14.0. The molecule has 0 radical (unpaired) electrons. The zero-order chi connectivity index (χ0) is 20.9. The maximum atomic E-state index is 13.0. The number of hydrogen-bond donors (Lipinski definition) is 0. The van der Waals surface area contributed by atoms with Crippen molar-refractivity contribution in [1.29, 1.82) is 0 Å². The predicted molar refractivity (Wildman–Crippen MR) is 115 cm³/mol. The van der Waals surface area contributed by atoms with Crippen LogP contribution in [-0.2, 0) is 27.7 Å². The average molecular weight is 427 g/mol. The van der Waals surface area contributed by atoms with Gasteiger partial charge in [0.2, 0.25) is 15.0 Å². The molecule has 29 heavy (non-hydrogen) atoms. The van der Waals surface area contributed by atoms with Crippen LogP contribution in [-0.4, -0.2) is 79.0 Å². The molecule has 0 aromatic carbocycles. The quantitative estimate of drug-likeness (QED) is 0.483. The topological polar surface area (TPSA) is 67.7 Å². The van der Waals surface area contributed by atoms with Crippen LogP contribution in [0, 0.1) is 5.92 Å². The van der Waals surface area contributed by atoms with E-state index in [4.69, 9.17) is 4.74 Å². The molecule has 1 aromatic heterocycles. The number of imidazole rings is 1. The summed E-state index contributed by atoms with van der Waals surface area (Å²) in [7, 11) is -3.36. The molecule has 1 aliphatic carbocycles. The van der Waals surface area contributed by atoms with Crippen LogP contribution in [0.25, 0.3) is 0 Å². The van der Waals surface area contributed by atoms with E-state index in [-0.39, 0.29) is 17.0 Å². The van der Waals surface area contributed by atoms with Crippen molar-refractivity contribution >= 4 is 9.84 Å². The molecule has 0 unspecified atom stereocenters. The normalized spacial score (nSPS) is 20.2. The molecule has 1 aliphatic heterocycles. The van der Waals surface area contributed by atoms with E-state index in [0.717, 1.165) is 77.3 Å². The van der Waals surface area contributed by atoms with Gasteiger partial charge in [-0.3, -0.25) is 4.90 Å². The van der Waals surface area contributed by atoms with E-state index in [1.807, 2.05) is 4.57 Å². The van der Waals surface area contributed by atoms with Gasteiger partial charge in [-0.05, 0) is 51.2 Å². The van der Waals surface area contributed by atoms with Crippen LogP contribution in [0.1, 0.15) is 52.1 Å². The summed E-state index contributed by atoms with van der Waals surface area (Å²) in [6.45, 7) is 13.6. The highest BCUT2D eigenvalue weighted by Crippen LogP contribution is 2.32. The van der Waals surface area contributed by atoms with Gasteiger partial charge in [0.1, 0.15) is 0 Å². The second-order valence-electron chi connectivity index (χ2n) is 8.40. The molecule has 8 heteroatoms. The van der Waals surface area contributed by atoms with Gasteiger partial charge in [0, 0.05) is 26.2 Å². The van der Waals surface area contributed by atoms with Gasteiger partial charge in [0.15, 0.2) is 0 Å². The van der Waals surface area contributed by atoms with E-state index in [0.29, 0.717) is 12.5 Å². The highest BCUT2D eigenvalue weighted by molar-refractivity contribution is 7.91. The molecule has 2 heterocycles. The first-order valence-electron chi connectivity index (χ1n) is 11.3. The summed E-state index contributed by atoms with van der Waals surface area (Å²) >= 11 is 0. The maximum Gasteiger partial charge on any atom is 0.227 e. The fourth-order valence-electron chi connectivity index (χ4n) is 4.02. The molecule has 1 saturated carbocycles. The van der Waals surface area contributed by atoms with Crippen molar-refractivity contribution in [2.24, 2.45) is 5.92 Å². The molecule has 1 atom stereocenters. The van der Waals surface area contributed by atoms with Gasteiger partial charge in [0.25, 0.3) is 0 Å². The van der Waals surface area contributed by atoms with E-state index in [1.165, 1.54) is 0 Å². The van der Waals surface area contributed by atoms with Gasteiger partial charge in [-0.2, -0.15) is 0 Å². The van der Waals surface area contributed by atoms with Gasteiger partial charge >= 0.3 is 0 Å². The van der Waals surface area contributed by atoms with Crippen molar-refractivity contribution in [1.82, 2.24) is 19.4 Å². The van der Waals surface area contributed by atoms with E-state index in [2.05, 4.69) is 35.6 Å². The summed E-state index contributed by atoms with van der Waals surface area (Å²) in [4.78, 5) is 9.20. The highest BCUT2D eigenvalue weighted by atomic mass is 32.2. The first kappa shape index (κ1) is 22.7. The average Bonchev–Trinajstić information content (AvgIpc) is 3.18. The number of likely N-dealkylation sites (N-methyl/N-ethyl adjacent to an activating group) is 2. The summed E-state index contributed by atoms with van der Waals surface area (Å²) in [5.74, 6) is 0.548. The van der Waals surface area contributed by atoms with Gasteiger partial charge in [-0.1, -0.05) is 20.8 Å². The molecule has 0 N–H and O–H groups in total. The number of aromatic nitrogens is 2. The fraction of sp³-hybridized carbons (Fsp3) is 0.857. The Kier molecular flexibility index (Phi) is 8.13. The molecule has 3 rings (SSSR count). The molecular formula is C21H38N4O3S. The number of hydrogen-bond acceptors (Lipinski definition) is 6.